The molecule has 3 rings (SSSR count). The summed E-state index contributed by atoms with van der Waals surface area (Å²) in [5, 5.41) is 3.33. The molecule has 0 unspecified atom stereocenters. The van der Waals surface area contributed by atoms with Gasteiger partial charge >= 0.3 is 0 Å². The Morgan fingerprint density at radius 2 is 1.80 bits per heavy atom. The van der Waals surface area contributed by atoms with Crippen LogP contribution in [-0.2, 0) is 0 Å². The van der Waals surface area contributed by atoms with Crippen molar-refractivity contribution in [1.29, 1.82) is 0 Å². The summed E-state index contributed by atoms with van der Waals surface area (Å²) in [6.07, 6.45) is 0. The van der Waals surface area contributed by atoms with E-state index >= 15 is 0 Å². The van der Waals surface area contributed by atoms with Gasteiger partial charge in [0.15, 0.2) is 0 Å². The minimum Gasteiger partial charge on any atom is -0.323 e. The van der Waals surface area contributed by atoms with Crippen LogP contribution in [0.2, 0.25) is 0 Å². The van der Waals surface area contributed by atoms with E-state index in [4.69, 9.17) is 10.8 Å². The fourth-order valence-corrected chi connectivity index (χ4v) is 3.02. The molecule has 102 valence electrons. The van der Waals surface area contributed by atoms with Gasteiger partial charge in [-0.15, -0.1) is 0 Å². The highest BCUT2D eigenvalue weighted by molar-refractivity contribution is 9.10. The molecular formula is C16H16BrN3. The zero-order valence-electron chi connectivity index (χ0n) is 11.4. The van der Waals surface area contributed by atoms with Crippen molar-refractivity contribution < 1.29 is 0 Å². The van der Waals surface area contributed by atoms with Gasteiger partial charge < -0.3 is 5.43 Å². The Labute approximate surface area is 126 Å². The number of hydrogen-bond donors (Lipinski definition) is 2. The van der Waals surface area contributed by atoms with E-state index < -0.39 is 0 Å². The lowest BCUT2D eigenvalue weighted by Crippen LogP contribution is -2.09. The van der Waals surface area contributed by atoms with E-state index in [0.29, 0.717) is 5.92 Å². The highest BCUT2D eigenvalue weighted by Gasteiger charge is 2.12. The van der Waals surface area contributed by atoms with Gasteiger partial charge in [-0.1, -0.05) is 54.0 Å². The molecule has 0 amide bonds. The summed E-state index contributed by atoms with van der Waals surface area (Å²) in [6.45, 7) is 4.27. The Bertz CT molecular complexity index is 796. The molecule has 0 aliphatic carbocycles. The lowest BCUT2D eigenvalue weighted by Gasteiger charge is -2.13. The number of nitrogens with zero attached hydrogens (tertiary/aromatic N) is 1. The first-order valence-electron chi connectivity index (χ1n) is 6.60. The van der Waals surface area contributed by atoms with Gasteiger partial charge in [-0.05, 0) is 23.4 Å². The molecule has 0 atom stereocenters. The topological polar surface area (TPSA) is 50.9 Å². The standard InChI is InChI=1S/C16H16BrN3/c1-9(2)14-8-15(20-18)12-7-13(17)10-5-3-4-6-11(10)16(12)19-14/h3-9H,18H2,1-2H3,(H,19,20). The second-order valence-corrected chi connectivity index (χ2v) is 6.05. The maximum absolute atomic E-state index is 5.69. The number of anilines is 1. The largest absolute Gasteiger partial charge is 0.323 e. The summed E-state index contributed by atoms with van der Waals surface area (Å²) in [4.78, 5) is 4.84. The lowest BCUT2D eigenvalue weighted by molar-refractivity contribution is 0.830. The fraction of sp³-hybridized carbons (Fsp3) is 0.188. The Hall–Kier alpha value is -1.65. The number of rotatable bonds is 2. The molecule has 0 spiro atoms. The van der Waals surface area contributed by atoms with Crippen molar-refractivity contribution in [1.82, 2.24) is 4.98 Å². The summed E-state index contributed by atoms with van der Waals surface area (Å²) < 4.78 is 1.05. The molecular weight excluding hydrogens is 314 g/mol. The Kier molecular flexibility index (Phi) is 3.36. The van der Waals surface area contributed by atoms with Crippen LogP contribution in [0.1, 0.15) is 25.5 Å². The van der Waals surface area contributed by atoms with Crippen molar-refractivity contribution in [2.75, 3.05) is 5.43 Å². The maximum Gasteiger partial charge on any atom is 0.0805 e. The Morgan fingerprint density at radius 3 is 2.45 bits per heavy atom. The molecule has 0 fully saturated rings. The molecule has 0 bridgehead atoms. The number of nitrogens with two attached hydrogens (primary N) is 1. The van der Waals surface area contributed by atoms with Crippen molar-refractivity contribution in [3.8, 4) is 0 Å². The predicted molar refractivity (Wildman–Crippen MR) is 88.8 cm³/mol. The summed E-state index contributed by atoms with van der Waals surface area (Å²) in [5.74, 6) is 6.04. The minimum atomic E-state index is 0.355. The predicted octanol–water partition coefficient (Wildman–Crippen LogP) is 4.56. The van der Waals surface area contributed by atoms with Gasteiger partial charge in [0.1, 0.15) is 0 Å². The van der Waals surface area contributed by atoms with E-state index in [9.17, 15) is 0 Å². The van der Waals surface area contributed by atoms with Crippen molar-refractivity contribution in [2.45, 2.75) is 19.8 Å². The number of hydrogen-bond acceptors (Lipinski definition) is 3. The van der Waals surface area contributed by atoms with Crippen LogP contribution in [-0.4, -0.2) is 4.98 Å². The number of nitrogens with one attached hydrogen (secondary N) is 1. The molecule has 0 aliphatic rings. The number of aromatic nitrogens is 1. The highest BCUT2D eigenvalue weighted by Crippen LogP contribution is 2.35. The van der Waals surface area contributed by atoms with Gasteiger partial charge in [0.25, 0.3) is 0 Å². The number of hydrazine groups is 1. The van der Waals surface area contributed by atoms with Crippen molar-refractivity contribution in [2.24, 2.45) is 5.84 Å². The lowest BCUT2D eigenvalue weighted by atomic mass is 10.0. The second kappa shape index (κ2) is 5.04. The molecule has 1 aromatic heterocycles. The quantitative estimate of drug-likeness (QED) is 0.411. The highest BCUT2D eigenvalue weighted by atomic mass is 79.9. The molecule has 0 saturated carbocycles. The first-order chi connectivity index (χ1) is 9.61. The molecule has 4 heteroatoms. The van der Waals surface area contributed by atoms with Gasteiger partial charge in [0.2, 0.25) is 0 Å². The van der Waals surface area contributed by atoms with Crippen LogP contribution in [0.15, 0.2) is 40.9 Å². The zero-order valence-corrected chi connectivity index (χ0v) is 13.0. The van der Waals surface area contributed by atoms with Crippen molar-refractivity contribution in [3.05, 3.63) is 46.6 Å². The van der Waals surface area contributed by atoms with Crippen LogP contribution in [0, 0.1) is 0 Å². The third-order valence-corrected chi connectivity index (χ3v) is 4.19. The molecule has 0 radical (unpaired) electrons. The SMILES string of the molecule is CC(C)c1cc(NN)c2cc(Br)c3ccccc3c2n1. The summed E-state index contributed by atoms with van der Waals surface area (Å²) in [6, 6.07) is 12.4. The number of pyridine rings is 1. The number of nitrogen functional groups attached to an aromatic ring is 1. The van der Waals surface area contributed by atoms with Crippen molar-refractivity contribution in [3.63, 3.8) is 0 Å². The first-order valence-corrected chi connectivity index (χ1v) is 7.39. The average Bonchev–Trinajstić information content (AvgIpc) is 2.46. The van der Waals surface area contributed by atoms with Gasteiger partial charge in [0.05, 0.1) is 11.2 Å². The molecule has 0 saturated heterocycles. The van der Waals surface area contributed by atoms with E-state index in [0.717, 1.165) is 37.5 Å². The van der Waals surface area contributed by atoms with Gasteiger partial charge in [-0.25, -0.2) is 0 Å². The van der Waals surface area contributed by atoms with E-state index in [1.165, 1.54) is 0 Å². The number of benzene rings is 2. The molecule has 2 aromatic carbocycles. The third kappa shape index (κ3) is 2.05. The van der Waals surface area contributed by atoms with Gasteiger partial charge in [-0.3, -0.25) is 10.8 Å². The molecule has 0 aliphatic heterocycles. The zero-order chi connectivity index (χ0) is 14.3. The Morgan fingerprint density at radius 1 is 1.10 bits per heavy atom. The van der Waals surface area contributed by atoms with E-state index in [-0.39, 0.29) is 0 Å². The molecule has 1 heterocycles. The van der Waals surface area contributed by atoms with Crippen LogP contribution in [0.5, 0.6) is 0 Å². The fourth-order valence-electron chi connectivity index (χ4n) is 2.44. The van der Waals surface area contributed by atoms with Crippen LogP contribution < -0.4 is 11.3 Å². The minimum absolute atomic E-state index is 0.355. The maximum atomic E-state index is 5.69. The van der Waals surface area contributed by atoms with E-state index in [2.05, 4.69) is 53.4 Å². The summed E-state index contributed by atoms with van der Waals surface area (Å²) >= 11 is 3.63. The average molecular weight is 330 g/mol. The molecule has 3 N–H and O–H groups in total. The van der Waals surface area contributed by atoms with Gasteiger partial charge in [-0.2, -0.15) is 0 Å². The van der Waals surface area contributed by atoms with Crippen LogP contribution >= 0.6 is 15.9 Å². The van der Waals surface area contributed by atoms with Crippen LogP contribution in [0.3, 0.4) is 0 Å². The second-order valence-electron chi connectivity index (χ2n) is 5.19. The Balaban J connectivity index is 2.51. The molecule has 20 heavy (non-hydrogen) atoms. The van der Waals surface area contributed by atoms with Crippen LogP contribution in [0.4, 0.5) is 5.69 Å². The van der Waals surface area contributed by atoms with Crippen molar-refractivity contribution >= 4 is 43.3 Å². The number of halogens is 1. The summed E-state index contributed by atoms with van der Waals surface area (Å²) in [5.41, 5.74) is 5.73. The first kappa shape index (κ1) is 13.3. The molecule has 3 aromatic rings. The normalized spacial score (nSPS) is 11.4. The van der Waals surface area contributed by atoms with Gasteiger partial charge in [0, 0.05) is 20.9 Å². The molecule has 3 nitrogen and oxygen atoms in total. The monoisotopic (exact) mass is 329 g/mol. The van der Waals surface area contributed by atoms with E-state index in [1.54, 1.807) is 0 Å². The summed E-state index contributed by atoms with van der Waals surface area (Å²) in [7, 11) is 0. The number of fused-ring (bicyclic) bond motifs is 3. The van der Waals surface area contributed by atoms with E-state index in [1.807, 2.05) is 18.2 Å². The third-order valence-electron chi connectivity index (χ3n) is 3.54. The van der Waals surface area contributed by atoms with Crippen LogP contribution in [0.25, 0.3) is 21.7 Å². The smallest absolute Gasteiger partial charge is 0.0805 e.